The Kier molecular flexibility index (Phi) is 6.71. The van der Waals surface area contributed by atoms with E-state index in [1.807, 2.05) is 0 Å². The second kappa shape index (κ2) is 7.29. The van der Waals surface area contributed by atoms with Crippen molar-refractivity contribution in [2.24, 2.45) is 0 Å². The summed E-state index contributed by atoms with van der Waals surface area (Å²) in [6, 6.07) is 0. The third kappa shape index (κ3) is 7.29. The molecule has 0 aliphatic heterocycles. The topological polar surface area (TPSA) is 33.0 Å². The van der Waals surface area contributed by atoms with Crippen molar-refractivity contribution in [2.45, 2.75) is 32.6 Å². The van der Waals surface area contributed by atoms with Gasteiger partial charge in [0.1, 0.15) is 6.61 Å². The standard InChI is InChI=1S/C7H13NO/c1-2-3-4-5-6-9-7-8/h2-6H2,1H3. The van der Waals surface area contributed by atoms with Crippen LogP contribution in [0.2, 0.25) is 0 Å². The van der Waals surface area contributed by atoms with Crippen molar-refractivity contribution in [1.29, 1.82) is 5.26 Å². The molecular formula is C7H13NO. The molecule has 2 heteroatoms. The van der Waals surface area contributed by atoms with E-state index < -0.39 is 0 Å². The SMILES string of the molecule is CCCCCCOC#N. The largest absolute Gasteiger partial charge is 0.428 e. The van der Waals surface area contributed by atoms with Crippen molar-refractivity contribution in [3.05, 3.63) is 0 Å². The molecule has 0 unspecified atom stereocenters. The van der Waals surface area contributed by atoms with Crippen LogP contribution in [0.1, 0.15) is 32.6 Å². The molecule has 0 radical (unpaired) electrons. The molecule has 52 valence electrons. The number of hydrogen-bond donors (Lipinski definition) is 0. The first-order valence-corrected chi connectivity index (χ1v) is 3.42. The van der Waals surface area contributed by atoms with Crippen LogP contribution in [0, 0.1) is 11.5 Å². The van der Waals surface area contributed by atoms with Crippen molar-refractivity contribution >= 4 is 0 Å². The first-order valence-electron chi connectivity index (χ1n) is 3.42. The number of unbranched alkanes of at least 4 members (excludes halogenated alkanes) is 3. The molecule has 0 amide bonds. The molecule has 2 nitrogen and oxygen atoms in total. The number of rotatable bonds is 5. The lowest BCUT2D eigenvalue weighted by Gasteiger charge is -1.94. The van der Waals surface area contributed by atoms with E-state index in [0.29, 0.717) is 6.61 Å². The summed E-state index contributed by atoms with van der Waals surface area (Å²) in [6.45, 7) is 2.75. The van der Waals surface area contributed by atoms with Crippen molar-refractivity contribution in [3.63, 3.8) is 0 Å². The van der Waals surface area contributed by atoms with E-state index >= 15 is 0 Å². The second-order valence-corrected chi connectivity index (χ2v) is 2.00. The lowest BCUT2D eigenvalue weighted by Crippen LogP contribution is -1.86. The van der Waals surface area contributed by atoms with Gasteiger partial charge in [-0.15, -0.1) is 0 Å². The smallest absolute Gasteiger partial charge is 0.286 e. The summed E-state index contributed by atoms with van der Waals surface area (Å²) in [5.41, 5.74) is 0. The predicted octanol–water partition coefficient (Wildman–Crippen LogP) is 2.06. The third-order valence-corrected chi connectivity index (χ3v) is 1.16. The Hall–Kier alpha value is -0.710. The Labute approximate surface area is 56.4 Å². The predicted molar refractivity (Wildman–Crippen MR) is 35.7 cm³/mol. The van der Waals surface area contributed by atoms with Crippen molar-refractivity contribution in [1.82, 2.24) is 0 Å². The van der Waals surface area contributed by atoms with Gasteiger partial charge in [-0.25, -0.2) is 0 Å². The fraction of sp³-hybridized carbons (Fsp3) is 0.857. The molecule has 0 aromatic carbocycles. The fourth-order valence-electron chi connectivity index (χ4n) is 0.647. The van der Waals surface area contributed by atoms with Crippen LogP contribution in [-0.4, -0.2) is 6.61 Å². The molecule has 0 bridgehead atoms. The molecule has 0 atom stereocenters. The highest BCUT2D eigenvalue weighted by Crippen LogP contribution is 1.97. The molecule has 0 N–H and O–H groups in total. The van der Waals surface area contributed by atoms with Crippen LogP contribution in [0.5, 0.6) is 0 Å². The van der Waals surface area contributed by atoms with Gasteiger partial charge in [0.15, 0.2) is 0 Å². The summed E-state index contributed by atoms with van der Waals surface area (Å²) in [6.07, 6.45) is 6.31. The van der Waals surface area contributed by atoms with Crippen LogP contribution >= 0.6 is 0 Å². The molecule has 0 saturated carbocycles. The zero-order valence-corrected chi connectivity index (χ0v) is 5.89. The van der Waals surface area contributed by atoms with Gasteiger partial charge in [0.25, 0.3) is 6.26 Å². The Balaban J connectivity index is 2.69. The zero-order chi connectivity index (χ0) is 6.95. The van der Waals surface area contributed by atoms with Crippen molar-refractivity contribution in [3.8, 4) is 6.26 Å². The van der Waals surface area contributed by atoms with Gasteiger partial charge in [-0.1, -0.05) is 26.2 Å². The Morgan fingerprint density at radius 1 is 1.33 bits per heavy atom. The molecule has 0 aliphatic rings. The maximum atomic E-state index is 7.95. The number of nitriles is 1. The maximum absolute atomic E-state index is 7.95. The van der Waals surface area contributed by atoms with Gasteiger partial charge in [-0.2, -0.15) is 5.26 Å². The van der Waals surface area contributed by atoms with Gasteiger partial charge in [0.2, 0.25) is 0 Å². The van der Waals surface area contributed by atoms with Crippen molar-refractivity contribution < 1.29 is 4.74 Å². The van der Waals surface area contributed by atoms with E-state index in [9.17, 15) is 0 Å². The first-order chi connectivity index (χ1) is 4.41. The summed E-state index contributed by atoms with van der Waals surface area (Å²) in [4.78, 5) is 0. The molecule has 0 aliphatic carbocycles. The summed E-state index contributed by atoms with van der Waals surface area (Å²) in [5, 5.41) is 7.95. The van der Waals surface area contributed by atoms with E-state index in [1.54, 1.807) is 6.26 Å². The monoisotopic (exact) mass is 127 g/mol. The quantitative estimate of drug-likeness (QED) is 0.418. The summed E-state index contributed by atoms with van der Waals surface area (Å²) >= 11 is 0. The zero-order valence-electron chi connectivity index (χ0n) is 5.89. The number of nitrogens with zero attached hydrogens (tertiary/aromatic N) is 1. The van der Waals surface area contributed by atoms with Crippen LogP contribution in [0.4, 0.5) is 0 Å². The fourth-order valence-corrected chi connectivity index (χ4v) is 0.647. The molecule has 0 heterocycles. The van der Waals surface area contributed by atoms with Crippen LogP contribution in [0.25, 0.3) is 0 Å². The molecule has 0 spiro atoms. The third-order valence-electron chi connectivity index (χ3n) is 1.16. The number of hydrogen-bond acceptors (Lipinski definition) is 2. The highest BCUT2D eigenvalue weighted by Gasteiger charge is 1.85. The normalized spacial score (nSPS) is 8.44. The van der Waals surface area contributed by atoms with Crippen LogP contribution in [0.15, 0.2) is 0 Å². The van der Waals surface area contributed by atoms with E-state index in [0.717, 1.165) is 6.42 Å². The minimum absolute atomic E-state index is 0.594. The summed E-state index contributed by atoms with van der Waals surface area (Å²) in [5.74, 6) is 0. The lowest BCUT2D eigenvalue weighted by molar-refractivity contribution is 0.260. The summed E-state index contributed by atoms with van der Waals surface area (Å²) < 4.78 is 4.49. The molecule has 0 fully saturated rings. The Morgan fingerprint density at radius 3 is 2.67 bits per heavy atom. The average molecular weight is 127 g/mol. The molecular weight excluding hydrogens is 114 g/mol. The minimum Gasteiger partial charge on any atom is -0.428 e. The molecule has 0 rings (SSSR count). The first kappa shape index (κ1) is 8.29. The average Bonchev–Trinajstić information content (AvgIpc) is 1.89. The van der Waals surface area contributed by atoms with E-state index in [2.05, 4.69) is 11.7 Å². The second-order valence-electron chi connectivity index (χ2n) is 2.00. The van der Waals surface area contributed by atoms with Crippen LogP contribution in [-0.2, 0) is 4.74 Å². The minimum atomic E-state index is 0.594. The van der Waals surface area contributed by atoms with Crippen LogP contribution < -0.4 is 0 Å². The number of ether oxygens (including phenoxy) is 1. The van der Waals surface area contributed by atoms with Gasteiger partial charge >= 0.3 is 0 Å². The Morgan fingerprint density at radius 2 is 2.11 bits per heavy atom. The van der Waals surface area contributed by atoms with Gasteiger partial charge in [-0.3, -0.25) is 0 Å². The van der Waals surface area contributed by atoms with E-state index in [4.69, 9.17) is 5.26 Å². The lowest BCUT2D eigenvalue weighted by atomic mass is 10.2. The van der Waals surface area contributed by atoms with Gasteiger partial charge < -0.3 is 4.74 Å². The highest BCUT2D eigenvalue weighted by molar-refractivity contribution is 4.47. The molecule has 0 aromatic heterocycles. The molecule has 9 heavy (non-hydrogen) atoms. The van der Waals surface area contributed by atoms with Gasteiger partial charge in [-0.05, 0) is 6.42 Å². The van der Waals surface area contributed by atoms with Gasteiger partial charge in [0, 0.05) is 0 Å². The van der Waals surface area contributed by atoms with Gasteiger partial charge in [0.05, 0.1) is 0 Å². The Bertz CT molecular complexity index is 85.4. The highest BCUT2D eigenvalue weighted by atomic mass is 16.5. The maximum Gasteiger partial charge on any atom is 0.286 e. The molecule has 0 saturated heterocycles. The summed E-state index contributed by atoms with van der Waals surface area (Å²) in [7, 11) is 0. The molecule has 0 aromatic rings. The van der Waals surface area contributed by atoms with Crippen LogP contribution in [0.3, 0.4) is 0 Å². The van der Waals surface area contributed by atoms with E-state index in [1.165, 1.54) is 19.3 Å². The van der Waals surface area contributed by atoms with Crippen molar-refractivity contribution in [2.75, 3.05) is 6.61 Å². The van der Waals surface area contributed by atoms with E-state index in [-0.39, 0.29) is 0 Å².